The smallest absolute Gasteiger partial charge is 0.243 e. The van der Waals surface area contributed by atoms with Crippen LogP contribution < -0.4 is 14.8 Å². The van der Waals surface area contributed by atoms with Crippen molar-refractivity contribution in [3.05, 3.63) is 45.9 Å². The van der Waals surface area contributed by atoms with Crippen molar-refractivity contribution in [2.75, 3.05) is 32.6 Å². The van der Waals surface area contributed by atoms with E-state index in [9.17, 15) is 13.2 Å². The minimum atomic E-state index is -3.77. The number of hydrogen-bond donors (Lipinski definition) is 1. The van der Waals surface area contributed by atoms with Crippen molar-refractivity contribution in [1.82, 2.24) is 4.31 Å². The van der Waals surface area contributed by atoms with Crippen molar-refractivity contribution in [3.63, 3.8) is 0 Å². The molecule has 1 N–H and O–H groups in total. The summed E-state index contributed by atoms with van der Waals surface area (Å²) >= 11 is 3.46. The number of aryl methyl sites for hydroxylation is 2. The van der Waals surface area contributed by atoms with Crippen LogP contribution in [0.4, 0.5) is 5.69 Å². The largest absolute Gasteiger partial charge is 0.493 e. The third kappa shape index (κ3) is 5.05. The highest BCUT2D eigenvalue weighted by Gasteiger charge is 2.34. The first-order valence-corrected chi connectivity index (χ1v) is 12.2. The van der Waals surface area contributed by atoms with Crippen molar-refractivity contribution < 1.29 is 22.7 Å². The standard InChI is InChI=1S/C22H27BrN2O5S/c1-14-10-17(23)11-15(2)21(14)24-22(26)16-6-5-9-25(13-16)31(27,28)18-7-8-19(29-3)20(12-18)30-4/h7-8,10-12,16H,5-6,9,13H2,1-4H3,(H,24,26). The summed E-state index contributed by atoms with van der Waals surface area (Å²) in [5.41, 5.74) is 2.67. The van der Waals surface area contributed by atoms with Gasteiger partial charge in [0.25, 0.3) is 0 Å². The lowest BCUT2D eigenvalue weighted by atomic mass is 9.98. The molecule has 1 aliphatic heterocycles. The fraction of sp³-hybridized carbons (Fsp3) is 0.409. The van der Waals surface area contributed by atoms with Crippen molar-refractivity contribution >= 4 is 37.5 Å². The van der Waals surface area contributed by atoms with Gasteiger partial charge >= 0.3 is 0 Å². The van der Waals surface area contributed by atoms with Crippen LogP contribution >= 0.6 is 15.9 Å². The summed E-state index contributed by atoms with van der Waals surface area (Å²) in [6.45, 7) is 4.37. The number of benzene rings is 2. The molecule has 1 fully saturated rings. The van der Waals surface area contributed by atoms with Crippen LogP contribution in [-0.4, -0.2) is 45.9 Å². The molecule has 1 aliphatic rings. The molecule has 1 unspecified atom stereocenters. The Morgan fingerprint density at radius 3 is 2.35 bits per heavy atom. The second kappa shape index (κ2) is 9.58. The van der Waals surface area contributed by atoms with E-state index in [0.29, 0.717) is 30.9 Å². The predicted octanol–water partition coefficient (Wildman–Crippen LogP) is 4.12. The molecule has 2 aromatic rings. The number of nitrogens with one attached hydrogen (secondary N) is 1. The van der Waals surface area contributed by atoms with Crippen molar-refractivity contribution in [1.29, 1.82) is 0 Å². The second-order valence-electron chi connectivity index (χ2n) is 7.62. The molecule has 0 bridgehead atoms. The highest BCUT2D eigenvalue weighted by atomic mass is 79.9. The summed E-state index contributed by atoms with van der Waals surface area (Å²) in [5.74, 6) is 0.209. The molecule has 0 aliphatic carbocycles. The van der Waals surface area contributed by atoms with Crippen molar-refractivity contribution in [2.45, 2.75) is 31.6 Å². The highest BCUT2D eigenvalue weighted by Crippen LogP contribution is 2.32. The Bertz CT molecular complexity index is 1060. The number of ether oxygens (including phenoxy) is 2. The summed E-state index contributed by atoms with van der Waals surface area (Å²) in [4.78, 5) is 13.1. The molecular weight excluding hydrogens is 484 g/mol. The van der Waals surface area contributed by atoms with Crippen molar-refractivity contribution in [2.24, 2.45) is 5.92 Å². The molecule has 1 amide bonds. The summed E-state index contributed by atoms with van der Waals surface area (Å²) in [5, 5.41) is 3.00. The van der Waals surface area contributed by atoms with Crippen LogP contribution in [0.5, 0.6) is 11.5 Å². The van der Waals surface area contributed by atoms with E-state index in [0.717, 1.165) is 21.3 Å². The van der Waals surface area contributed by atoms with Gasteiger partial charge in [-0.2, -0.15) is 4.31 Å². The zero-order valence-electron chi connectivity index (χ0n) is 18.1. The maximum Gasteiger partial charge on any atom is 0.243 e. The SMILES string of the molecule is COc1ccc(S(=O)(=O)N2CCCC(C(=O)Nc3c(C)cc(Br)cc3C)C2)cc1OC. The van der Waals surface area contributed by atoms with Gasteiger partial charge in [-0.15, -0.1) is 0 Å². The molecule has 0 aromatic heterocycles. The molecule has 1 atom stereocenters. The van der Waals surface area contributed by atoms with Crippen LogP contribution in [0.1, 0.15) is 24.0 Å². The van der Waals surface area contributed by atoms with E-state index in [-0.39, 0.29) is 17.3 Å². The molecule has 1 heterocycles. The molecule has 2 aromatic carbocycles. The Hall–Kier alpha value is -2.10. The maximum absolute atomic E-state index is 13.2. The van der Waals surface area contributed by atoms with E-state index in [4.69, 9.17) is 9.47 Å². The summed E-state index contributed by atoms with van der Waals surface area (Å²) < 4.78 is 39.2. The van der Waals surface area contributed by atoms with Crippen LogP contribution in [0, 0.1) is 19.8 Å². The number of anilines is 1. The molecule has 1 saturated heterocycles. The topological polar surface area (TPSA) is 84.9 Å². The van der Waals surface area contributed by atoms with Crippen LogP contribution in [0.3, 0.4) is 0 Å². The van der Waals surface area contributed by atoms with Crippen LogP contribution in [0.25, 0.3) is 0 Å². The minimum absolute atomic E-state index is 0.116. The second-order valence-corrected chi connectivity index (χ2v) is 10.5. The van der Waals surface area contributed by atoms with E-state index in [1.54, 1.807) is 6.07 Å². The molecule has 0 radical (unpaired) electrons. The number of halogens is 1. The molecule has 31 heavy (non-hydrogen) atoms. The van der Waals surface area contributed by atoms with Gasteiger partial charge in [0.2, 0.25) is 15.9 Å². The summed E-state index contributed by atoms with van der Waals surface area (Å²) in [6.07, 6.45) is 1.25. The van der Waals surface area contributed by atoms with Gasteiger partial charge in [0, 0.05) is 29.3 Å². The minimum Gasteiger partial charge on any atom is -0.493 e. The van der Waals surface area contributed by atoms with E-state index < -0.39 is 15.9 Å². The lowest BCUT2D eigenvalue weighted by molar-refractivity contribution is -0.120. The molecule has 3 rings (SSSR count). The number of piperidine rings is 1. The first-order valence-electron chi connectivity index (χ1n) is 9.97. The van der Waals surface area contributed by atoms with Crippen molar-refractivity contribution in [3.8, 4) is 11.5 Å². The molecule has 9 heteroatoms. The fourth-order valence-electron chi connectivity index (χ4n) is 3.83. The Morgan fingerprint density at radius 2 is 1.74 bits per heavy atom. The zero-order chi connectivity index (χ0) is 22.8. The number of carbonyl (C=O) groups excluding carboxylic acids is 1. The molecule has 168 valence electrons. The third-order valence-corrected chi connectivity index (χ3v) is 7.81. The van der Waals surface area contributed by atoms with Gasteiger partial charge in [-0.1, -0.05) is 15.9 Å². The summed E-state index contributed by atoms with van der Waals surface area (Å²) in [7, 11) is -0.815. The average molecular weight is 511 g/mol. The number of nitrogens with zero attached hydrogens (tertiary/aromatic N) is 1. The Balaban J connectivity index is 1.79. The number of hydrogen-bond acceptors (Lipinski definition) is 5. The number of rotatable bonds is 6. The number of amides is 1. The van der Waals surface area contributed by atoms with Gasteiger partial charge in [-0.05, 0) is 62.1 Å². The lowest BCUT2D eigenvalue weighted by Crippen LogP contribution is -2.43. The Labute approximate surface area is 191 Å². The third-order valence-electron chi connectivity index (χ3n) is 5.49. The van der Waals surface area contributed by atoms with E-state index >= 15 is 0 Å². The summed E-state index contributed by atoms with van der Waals surface area (Å²) in [6, 6.07) is 8.40. The Kier molecular flexibility index (Phi) is 7.28. The van der Waals surface area contributed by atoms with E-state index in [1.807, 2.05) is 26.0 Å². The molecule has 0 saturated carbocycles. The molecule has 0 spiro atoms. The van der Waals surface area contributed by atoms with Gasteiger partial charge in [-0.25, -0.2) is 8.42 Å². The van der Waals surface area contributed by atoms with Gasteiger partial charge in [0.15, 0.2) is 11.5 Å². The van der Waals surface area contributed by atoms with Gasteiger partial charge in [0.1, 0.15) is 0 Å². The first kappa shape index (κ1) is 23.6. The van der Waals surface area contributed by atoms with E-state index in [2.05, 4.69) is 21.2 Å². The number of sulfonamides is 1. The van der Waals surface area contributed by atoms with Crippen LogP contribution in [-0.2, 0) is 14.8 Å². The quantitative estimate of drug-likeness (QED) is 0.631. The highest BCUT2D eigenvalue weighted by molar-refractivity contribution is 9.10. The molecular formula is C22H27BrN2O5S. The van der Waals surface area contributed by atoms with Gasteiger partial charge in [-0.3, -0.25) is 4.79 Å². The van der Waals surface area contributed by atoms with Gasteiger partial charge in [0.05, 0.1) is 25.0 Å². The Morgan fingerprint density at radius 1 is 1.10 bits per heavy atom. The zero-order valence-corrected chi connectivity index (χ0v) is 20.5. The van der Waals surface area contributed by atoms with Crippen LogP contribution in [0.2, 0.25) is 0 Å². The number of carbonyl (C=O) groups is 1. The lowest BCUT2D eigenvalue weighted by Gasteiger charge is -2.31. The maximum atomic E-state index is 13.2. The van der Waals surface area contributed by atoms with E-state index in [1.165, 1.54) is 30.7 Å². The first-order chi connectivity index (χ1) is 14.7. The molecule has 7 nitrogen and oxygen atoms in total. The fourth-order valence-corrected chi connectivity index (χ4v) is 6.06. The average Bonchev–Trinajstić information content (AvgIpc) is 2.75. The van der Waals surface area contributed by atoms with Crippen LogP contribution in [0.15, 0.2) is 39.7 Å². The normalized spacial score (nSPS) is 17.3. The number of methoxy groups -OCH3 is 2. The monoisotopic (exact) mass is 510 g/mol. The van der Waals surface area contributed by atoms with Gasteiger partial charge < -0.3 is 14.8 Å². The predicted molar refractivity (Wildman–Crippen MR) is 123 cm³/mol.